The van der Waals surface area contributed by atoms with Crippen LogP contribution < -0.4 is 9.47 Å². The standard InChI is InChI=1S/C19H19NO4/c1-23-17-8-13-7-14(10-21)16(11-22)19(12-3-5-20-6-4-12)15(13)9-18(17)24-2/h3-9,21-22H,10-11H2,1-2H3. The minimum Gasteiger partial charge on any atom is -0.493 e. The van der Waals surface area contributed by atoms with Gasteiger partial charge in [0, 0.05) is 12.4 Å². The third kappa shape index (κ3) is 2.68. The number of fused-ring (bicyclic) bond motifs is 1. The van der Waals surface area contributed by atoms with Crippen LogP contribution in [0.3, 0.4) is 0 Å². The minimum absolute atomic E-state index is 0.155. The first-order valence-electron chi connectivity index (χ1n) is 7.56. The second-order valence-electron chi connectivity index (χ2n) is 5.37. The van der Waals surface area contributed by atoms with Crippen LogP contribution in [0, 0.1) is 0 Å². The molecule has 0 atom stereocenters. The fourth-order valence-electron chi connectivity index (χ4n) is 3.00. The highest BCUT2D eigenvalue weighted by molar-refractivity contribution is 6.00. The molecule has 0 aliphatic rings. The molecule has 1 aromatic heterocycles. The Morgan fingerprint density at radius 1 is 0.917 bits per heavy atom. The van der Waals surface area contributed by atoms with Crippen LogP contribution in [0.25, 0.3) is 21.9 Å². The van der Waals surface area contributed by atoms with Crippen molar-refractivity contribution in [1.29, 1.82) is 0 Å². The van der Waals surface area contributed by atoms with Crippen molar-refractivity contribution in [3.8, 4) is 22.6 Å². The molecular weight excluding hydrogens is 306 g/mol. The molecule has 5 nitrogen and oxygen atoms in total. The number of benzene rings is 2. The van der Waals surface area contributed by atoms with E-state index in [1.807, 2.05) is 30.3 Å². The molecule has 0 aliphatic carbocycles. The summed E-state index contributed by atoms with van der Waals surface area (Å²) in [7, 11) is 3.17. The summed E-state index contributed by atoms with van der Waals surface area (Å²) in [6.07, 6.45) is 3.41. The second-order valence-corrected chi connectivity index (χ2v) is 5.37. The van der Waals surface area contributed by atoms with Gasteiger partial charge in [0.1, 0.15) is 0 Å². The van der Waals surface area contributed by atoms with E-state index in [0.717, 1.165) is 21.9 Å². The van der Waals surface area contributed by atoms with Crippen LogP contribution in [-0.2, 0) is 13.2 Å². The first-order chi connectivity index (χ1) is 11.7. The quantitative estimate of drug-likeness (QED) is 0.755. The van der Waals surface area contributed by atoms with Gasteiger partial charge in [-0.15, -0.1) is 0 Å². The first kappa shape index (κ1) is 16.2. The predicted molar refractivity (Wildman–Crippen MR) is 92.1 cm³/mol. The number of aliphatic hydroxyl groups excluding tert-OH is 2. The van der Waals surface area contributed by atoms with Gasteiger partial charge in [-0.1, -0.05) is 0 Å². The Morgan fingerprint density at radius 2 is 1.58 bits per heavy atom. The second kappa shape index (κ2) is 6.86. The van der Waals surface area contributed by atoms with Gasteiger partial charge >= 0.3 is 0 Å². The lowest BCUT2D eigenvalue weighted by Crippen LogP contribution is -2.00. The zero-order chi connectivity index (χ0) is 17.1. The Bertz CT molecular complexity index is 857. The van der Waals surface area contributed by atoms with Gasteiger partial charge in [0.2, 0.25) is 0 Å². The fraction of sp³-hybridized carbons (Fsp3) is 0.211. The molecule has 1 heterocycles. The van der Waals surface area contributed by atoms with E-state index >= 15 is 0 Å². The van der Waals surface area contributed by atoms with Crippen LogP contribution in [-0.4, -0.2) is 29.4 Å². The molecule has 0 radical (unpaired) electrons. The molecule has 2 aromatic carbocycles. The highest BCUT2D eigenvalue weighted by Crippen LogP contribution is 2.40. The Labute approximate surface area is 140 Å². The summed E-state index contributed by atoms with van der Waals surface area (Å²) in [6, 6.07) is 9.40. The van der Waals surface area contributed by atoms with Crippen molar-refractivity contribution in [3.05, 3.63) is 53.9 Å². The topological polar surface area (TPSA) is 71.8 Å². The molecule has 24 heavy (non-hydrogen) atoms. The molecule has 5 heteroatoms. The van der Waals surface area contributed by atoms with Gasteiger partial charge in [-0.25, -0.2) is 0 Å². The number of aliphatic hydroxyl groups is 2. The molecule has 124 valence electrons. The van der Waals surface area contributed by atoms with Crippen molar-refractivity contribution in [2.24, 2.45) is 0 Å². The van der Waals surface area contributed by atoms with E-state index in [1.54, 1.807) is 26.6 Å². The third-order valence-corrected chi connectivity index (χ3v) is 4.14. The van der Waals surface area contributed by atoms with Crippen LogP contribution in [0.2, 0.25) is 0 Å². The lowest BCUT2D eigenvalue weighted by atomic mass is 9.90. The number of aromatic nitrogens is 1. The van der Waals surface area contributed by atoms with E-state index in [1.165, 1.54) is 0 Å². The average molecular weight is 325 g/mol. The summed E-state index contributed by atoms with van der Waals surface area (Å²) >= 11 is 0. The maximum atomic E-state index is 9.90. The van der Waals surface area contributed by atoms with Crippen molar-refractivity contribution in [1.82, 2.24) is 4.98 Å². The van der Waals surface area contributed by atoms with Gasteiger partial charge < -0.3 is 19.7 Å². The van der Waals surface area contributed by atoms with Crippen molar-refractivity contribution in [3.63, 3.8) is 0 Å². The summed E-state index contributed by atoms with van der Waals surface area (Å²) in [5.74, 6) is 1.23. The summed E-state index contributed by atoms with van der Waals surface area (Å²) in [5.41, 5.74) is 3.16. The van der Waals surface area contributed by atoms with Crippen molar-refractivity contribution < 1.29 is 19.7 Å². The Kier molecular flexibility index (Phi) is 4.64. The van der Waals surface area contributed by atoms with Gasteiger partial charge in [0.05, 0.1) is 27.4 Å². The van der Waals surface area contributed by atoms with Crippen LogP contribution in [0.1, 0.15) is 11.1 Å². The summed E-state index contributed by atoms with van der Waals surface area (Å²) in [4.78, 5) is 4.05. The van der Waals surface area contributed by atoms with Crippen molar-refractivity contribution >= 4 is 10.8 Å². The van der Waals surface area contributed by atoms with Crippen LogP contribution >= 0.6 is 0 Å². The zero-order valence-electron chi connectivity index (χ0n) is 13.6. The number of nitrogens with zero attached hydrogens (tertiary/aromatic N) is 1. The van der Waals surface area contributed by atoms with Gasteiger partial charge in [-0.3, -0.25) is 4.98 Å². The van der Waals surface area contributed by atoms with E-state index in [9.17, 15) is 10.2 Å². The summed E-state index contributed by atoms with van der Waals surface area (Å²) in [5, 5.41) is 21.4. The molecule has 0 bridgehead atoms. The summed E-state index contributed by atoms with van der Waals surface area (Å²) < 4.78 is 10.8. The molecule has 0 unspecified atom stereocenters. The molecule has 0 amide bonds. The van der Waals surface area contributed by atoms with Crippen molar-refractivity contribution in [2.75, 3.05) is 14.2 Å². The predicted octanol–water partition coefficient (Wildman–Crippen LogP) is 2.90. The maximum absolute atomic E-state index is 9.90. The molecule has 0 saturated heterocycles. The molecule has 3 aromatic rings. The van der Waals surface area contributed by atoms with E-state index in [2.05, 4.69) is 4.98 Å². The minimum atomic E-state index is -0.169. The van der Waals surface area contributed by atoms with E-state index < -0.39 is 0 Å². The Morgan fingerprint density at radius 3 is 2.17 bits per heavy atom. The SMILES string of the molecule is COc1cc2cc(CO)c(CO)c(-c3ccncc3)c2cc1OC. The average Bonchev–Trinajstić information content (AvgIpc) is 2.65. The number of rotatable bonds is 5. The van der Waals surface area contributed by atoms with Crippen LogP contribution in [0.15, 0.2) is 42.7 Å². The smallest absolute Gasteiger partial charge is 0.161 e. The zero-order valence-corrected chi connectivity index (χ0v) is 13.6. The molecule has 3 rings (SSSR count). The highest BCUT2D eigenvalue weighted by Gasteiger charge is 2.17. The number of hydrogen-bond donors (Lipinski definition) is 2. The molecule has 0 saturated carbocycles. The molecule has 0 fully saturated rings. The number of ether oxygens (including phenoxy) is 2. The monoisotopic (exact) mass is 325 g/mol. The largest absolute Gasteiger partial charge is 0.493 e. The molecule has 0 spiro atoms. The number of hydrogen-bond acceptors (Lipinski definition) is 5. The first-order valence-corrected chi connectivity index (χ1v) is 7.56. The van der Waals surface area contributed by atoms with Gasteiger partial charge in [-0.2, -0.15) is 0 Å². The maximum Gasteiger partial charge on any atom is 0.161 e. The van der Waals surface area contributed by atoms with Gasteiger partial charge in [0.25, 0.3) is 0 Å². The Balaban J connectivity index is 2.44. The normalized spacial score (nSPS) is 10.8. The van der Waals surface area contributed by atoms with E-state index in [-0.39, 0.29) is 13.2 Å². The van der Waals surface area contributed by atoms with Gasteiger partial charge in [0.15, 0.2) is 11.5 Å². The summed E-state index contributed by atoms with van der Waals surface area (Å²) in [6.45, 7) is -0.323. The van der Waals surface area contributed by atoms with Crippen LogP contribution in [0.5, 0.6) is 11.5 Å². The fourth-order valence-corrected chi connectivity index (χ4v) is 3.00. The lowest BCUT2D eigenvalue weighted by molar-refractivity contribution is 0.260. The molecular formula is C19H19NO4. The van der Waals surface area contributed by atoms with Crippen molar-refractivity contribution in [2.45, 2.75) is 13.2 Å². The molecule has 0 aliphatic heterocycles. The Hall–Kier alpha value is -2.63. The molecule has 2 N–H and O–H groups in total. The van der Waals surface area contributed by atoms with Gasteiger partial charge in [-0.05, 0) is 63.4 Å². The number of methoxy groups -OCH3 is 2. The number of pyridine rings is 1. The van der Waals surface area contributed by atoms with E-state index in [4.69, 9.17) is 9.47 Å². The highest BCUT2D eigenvalue weighted by atomic mass is 16.5. The lowest BCUT2D eigenvalue weighted by Gasteiger charge is -2.18. The van der Waals surface area contributed by atoms with Crippen LogP contribution in [0.4, 0.5) is 0 Å². The van der Waals surface area contributed by atoms with E-state index in [0.29, 0.717) is 22.6 Å². The third-order valence-electron chi connectivity index (χ3n) is 4.14.